The van der Waals surface area contributed by atoms with E-state index in [4.69, 9.17) is 4.74 Å². The molecule has 2 heterocycles. The van der Waals surface area contributed by atoms with Crippen LogP contribution in [-0.2, 0) is 6.54 Å². The van der Waals surface area contributed by atoms with Crippen LogP contribution in [0.2, 0.25) is 0 Å². The number of pyridine rings is 1. The number of rotatable bonds is 4. The topological polar surface area (TPSA) is 59.9 Å². The smallest absolute Gasteiger partial charge is 0.223 e. The lowest BCUT2D eigenvalue weighted by atomic mass is 10.3. The lowest BCUT2D eigenvalue weighted by Gasteiger charge is -2.08. The van der Waals surface area contributed by atoms with Crippen molar-refractivity contribution in [2.75, 3.05) is 12.4 Å². The highest BCUT2D eigenvalue weighted by atomic mass is 16.5. The van der Waals surface area contributed by atoms with Crippen molar-refractivity contribution in [3.8, 4) is 5.88 Å². The number of nitrogens with one attached hydrogen (secondary N) is 1. The predicted molar refractivity (Wildman–Crippen MR) is 64.9 cm³/mol. The first-order valence-electron chi connectivity index (χ1n) is 5.31. The van der Waals surface area contributed by atoms with Gasteiger partial charge in [-0.25, -0.2) is 15.0 Å². The molecule has 2 rings (SSSR count). The zero-order valence-corrected chi connectivity index (χ0v) is 9.84. The summed E-state index contributed by atoms with van der Waals surface area (Å²) >= 11 is 0. The Kier molecular flexibility index (Phi) is 3.49. The molecule has 0 bridgehead atoms. The number of methoxy groups -OCH3 is 1. The Balaban J connectivity index is 2.07. The number of aryl methyl sites for hydroxylation is 1. The van der Waals surface area contributed by atoms with Crippen molar-refractivity contribution in [3.63, 3.8) is 0 Å². The maximum absolute atomic E-state index is 5.17. The van der Waals surface area contributed by atoms with Gasteiger partial charge in [-0.1, -0.05) is 6.07 Å². The molecule has 5 nitrogen and oxygen atoms in total. The molecule has 0 spiro atoms. The molecule has 0 atom stereocenters. The summed E-state index contributed by atoms with van der Waals surface area (Å²) in [5.74, 6) is 1.23. The maximum atomic E-state index is 5.17. The highest BCUT2D eigenvalue weighted by Gasteiger charge is 2.03. The van der Waals surface area contributed by atoms with E-state index in [1.807, 2.05) is 25.1 Å². The zero-order valence-electron chi connectivity index (χ0n) is 9.84. The first-order chi connectivity index (χ1) is 8.29. The van der Waals surface area contributed by atoms with Crippen LogP contribution in [0.15, 0.2) is 30.6 Å². The van der Waals surface area contributed by atoms with Gasteiger partial charge in [0, 0.05) is 30.2 Å². The van der Waals surface area contributed by atoms with Crippen molar-refractivity contribution in [2.45, 2.75) is 13.5 Å². The van der Waals surface area contributed by atoms with Crippen molar-refractivity contribution in [2.24, 2.45) is 0 Å². The second-order valence-corrected chi connectivity index (χ2v) is 3.55. The molecule has 0 aliphatic rings. The molecule has 0 unspecified atom stereocenters. The van der Waals surface area contributed by atoms with Gasteiger partial charge in [0.25, 0.3) is 0 Å². The predicted octanol–water partition coefficient (Wildman–Crippen LogP) is 1.80. The van der Waals surface area contributed by atoms with E-state index in [0.29, 0.717) is 18.4 Å². The van der Waals surface area contributed by atoms with Gasteiger partial charge in [-0.15, -0.1) is 0 Å². The minimum atomic E-state index is 0.584. The van der Waals surface area contributed by atoms with E-state index in [1.165, 1.54) is 0 Å². The van der Waals surface area contributed by atoms with E-state index < -0.39 is 0 Å². The van der Waals surface area contributed by atoms with E-state index in [1.54, 1.807) is 19.5 Å². The van der Waals surface area contributed by atoms with Crippen molar-refractivity contribution >= 4 is 5.95 Å². The van der Waals surface area contributed by atoms with Gasteiger partial charge in [0.05, 0.1) is 7.11 Å². The molecular formula is C12H14N4O. The molecule has 17 heavy (non-hydrogen) atoms. The fourth-order valence-corrected chi connectivity index (χ4v) is 1.45. The van der Waals surface area contributed by atoms with E-state index in [9.17, 15) is 0 Å². The fourth-order valence-electron chi connectivity index (χ4n) is 1.45. The van der Waals surface area contributed by atoms with Gasteiger partial charge in [-0.2, -0.15) is 0 Å². The molecule has 2 aromatic heterocycles. The summed E-state index contributed by atoms with van der Waals surface area (Å²) in [6.07, 6.45) is 3.43. The Bertz CT molecular complexity index is 501. The first kappa shape index (κ1) is 11.3. The SMILES string of the molecule is COc1ncccc1CNc1nccc(C)n1. The molecular weight excluding hydrogens is 216 g/mol. The lowest BCUT2D eigenvalue weighted by molar-refractivity contribution is 0.393. The minimum Gasteiger partial charge on any atom is -0.481 e. The minimum absolute atomic E-state index is 0.584. The van der Waals surface area contributed by atoms with Crippen LogP contribution in [-0.4, -0.2) is 22.1 Å². The van der Waals surface area contributed by atoms with Crippen molar-refractivity contribution < 1.29 is 4.74 Å². The van der Waals surface area contributed by atoms with E-state index in [2.05, 4.69) is 20.3 Å². The molecule has 0 fully saturated rings. The van der Waals surface area contributed by atoms with E-state index in [0.717, 1.165) is 11.3 Å². The summed E-state index contributed by atoms with van der Waals surface area (Å²) < 4.78 is 5.17. The van der Waals surface area contributed by atoms with Crippen LogP contribution in [0.25, 0.3) is 0 Å². The molecule has 2 aromatic rings. The molecule has 0 radical (unpaired) electrons. The van der Waals surface area contributed by atoms with Crippen LogP contribution in [0, 0.1) is 6.92 Å². The van der Waals surface area contributed by atoms with Gasteiger partial charge in [-0.3, -0.25) is 0 Å². The highest BCUT2D eigenvalue weighted by molar-refractivity contribution is 5.32. The zero-order chi connectivity index (χ0) is 12.1. The summed E-state index contributed by atoms with van der Waals surface area (Å²) in [6, 6.07) is 5.68. The van der Waals surface area contributed by atoms with Gasteiger partial charge in [-0.05, 0) is 19.1 Å². The molecule has 0 aliphatic heterocycles. The van der Waals surface area contributed by atoms with Crippen LogP contribution in [0.1, 0.15) is 11.3 Å². The van der Waals surface area contributed by atoms with Crippen LogP contribution < -0.4 is 10.1 Å². The van der Waals surface area contributed by atoms with Gasteiger partial charge >= 0.3 is 0 Å². The molecule has 0 amide bonds. The number of nitrogens with zero attached hydrogens (tertiary/aromatic N) is 3. The highest BCUT2D eigenvalue weighted by Crippen LogP contribution is 2.14. The number of aromatic nitrogens is 3. The molecule has 0 saturated carbocycles. The van der Waals surface area contributed by atoms with Gasteiger partial charge in [0.2, 0.25) is 11.8 Å². The average molecular weight is 230 g/mol. The molecule has 0 aromatic carbocycles. The Morgan fingerprint density at radius 1 is 1.24 bits per heavy atom. The van der Waals surface area contributed by atoms with Gasteiger partial charge < -0.3 is 10.1 Å². The summed E-state index contributed by atoms with van der Waals surface area (Å²) in [4.78, 5) is 12.5. The average Bonchev–Trinajstić information content (AvgIpc) is 2.37. The number of ether oxygens (including phenoxy) is 1. The van der Waals surface area contributed by atoms with Crippen LogP contribution >= 0.6 is 0 Å². The standard InChI is InChI=1S/C12H14N4O/c1-9-5-7-14-12(16-9)15-8-10-4-3-6-13-11(10)17-2/h3-7H,8H2,1-2H3,(H,14,15,16). The lowest BCUT2D eigenvalue weighted by Crippen LogP contribution is -2.05. The van der Waals surface area contributed by atoms with Crippen LogP contribution in [0.3, 0.4) is 0 Å². The fraction of sp³-hybridized carbons (Fsp3) is 0.250. The second kappa shape index (κ2) is 5.25. The number of hydrogen-bond donors (Lipinski definition) is 1. The molecule has 0 saturated heterocycles. The van der Waals surface area contributed by atoms with Gasteiger partial charge in [0.15, 0.2) is 0 Å². The van der Waals surface area contributed by atoms with Crippen molar-refractivity contribution in [1.82, 2.24) is 15.0 Å². The Morgan fingerprint density at radius 3 is 2.88 bits per heavy atom. The maximum Gasteiger partial charge on any atom is 0.223 e. The molecule has 88 valence electrons. The molecule has 0 aliphatic carbocycles. The quantitative estimate of drug-likeness (QED) is 0.867. The third-order valence-electron chi connectivity index (χ3n) is 2.28. The van der Waals surface area contributed by atoms with E-state index in [-0.39, 0.29) is 0 Å². The molecule has 1 N–H and O–H groups in total. The monoisotopic (exact) mass is 230 g/mol. The Hall–Kier alpha value is -2.17. The van der Waals surface area contributed by atoms with Crippen molar-refractivity contribution in [3.05, 3.63) is 41.9 Å². The first-order valence-corrected chi connectivity index (χ1v) is 5.31. The second-order valence-electron chi connectivity index (χ2n) is 3.55. The third-order valence-corrected chi connectivity index (χ3v) is 2.28. The van der Waals surface area contributed by atoms with Gasteiger partial charge in [0.1, 0.15) is 0 Å². The largest absolute Gasteiger partial charge is 0.481 e. The Labute approximate surface area is 99.9 Å². The third kappa shape index (κ3) is 2.90. The van der Waals surface area contributed by atoms with E-state index >= 15 is 0 Å². The Morgan fingerprint density at radius 2 is 2.12 bits per heavy atom. The summed E-state index contributed by atoms with van der Waals surface area (Å²) in [5.41, 5.74) is 1.90. The van der Waals surface area contributed by atoms with Crippen LogP contribution in [0.4, 0.5) is 5.95 Å². The van der Waals surface area contributed by atoms with Crippen LogP contribution in [0.5, 0.6) is 5.88 Å². The summed E-state index contributed by atoms with van der Waals surface area (Å²) in [6.45, 7) is 2.51. The van der Waals surface area contributed by atoms with Crippen molar-refractivity contribution in [1.29, 1.82) is 0 Å². The summed E-state index contributed by atoms with van der Waals surface area (Å²) in [7, 11) is 1.61. The summed E-state index contributed by atoms with van der Waals surface area (Å²) in [5, 5.41) is 3.13. The number of hydrogen-bond acceptors (Lipinski definition) is 5. The molecule has 5 heteroatoms. The number of anilines is 1. The normalized spacial score (nSPS) is 10.0.